The Bertz CT molecular complexity index is 910. The van der Waals surface area contributed by atoms with Gasteiger partial charge in [0.25, 0.3) is 0 Å². The number of aliphatic hydroxyl groups is 1. The molecule has 9 heteroatoms. The number of carbonyl (C=O) groups excluding carboxylic acids is 3. The molecule has 1 spiro atoms. The summed E-state index contributed by atoms with van der Waals surface area (Å²) in [4.78, 5) is 42.1. The Balaban J connectivity index is 1.67. The van der Waals surface area contributed by atoms with Crippen molar-refractivity contribution in [1.82, 2.24) is 10.2 Å². The van der Waals surface area contributed by atoms with Gasteiger partial charge in [0.1, 0.15) is 11.8 Å². The maximum atomic E-state index is 13.7. The SMILES string of the molecule is CCCNC(=O)[C@@H]1[C@H]2C(=O)N(CCCO)C(C(=O)Nc3ccc(OC)cc3)C23S[C@@H]1CC3C. The summed E-state index contributed by atoms with van der Waals surface area (Å²) in [6.45, 7) is 4.88. The number of fused-ring (bicyclic) bond motifs is 1. The molecular weight excluding hydrogens is 442 g/mol. The summed E-state index contributed by atoms with van der Waals surface area (Å²) >= 11 is 1.65. The molecule has 4 rings (SSSR count). The van der Waals surface area contributed by atoms with Crippen molar-refractivity contribution in [3.63, 3.8) is 0 Å². The molecule has 180 valence electrons. The first-order valence-electron chi connectivity index (χ1n) is 11.7. The molecule has 3 aliphatic heterocycles. The van der Waals surface area contributed by atoms with Gasteiger partial charge in [0.15, 0.2) is 0 Å². The molecule has 33 heavy (non-hydrogen) atoms. The molecule has 6 atom stereocenters. The van der Waals surface area contributed by atoms with Crippen molar-refractivity contribution in [2.24, 2.45) is 17.8 Å². The number of thioether (sulfide) groups is 1. The van der Waals surface area contributed by atoms with Crippen LogP contribution in [0.2, 0.25) is 0 Å². The number of aliphatic hydroxyl groups excluding tert-OH is 1. The highest BCUT2D eigenvalue weighted by Crippen LogP contribution is 2.68. The zero-order chi connectivity index (χ0) is 23.8. The van der Waals surface area contributed by atoms with Crippen LogP contribution in [0.1, 0.15) is 33.1 Å². The van der Waals surface area contributed by atoms with E-state index in [1.807, 2.05) is 6.92 Å². The fraction of sp³-hybridized carbons (Fsp3) is 0.625. The second-order valence-electron chi connectivity index (χ2n) is 9.17. The minimum absolute atomic E-state index is 0.0297. The highest BCUT2D eigenvalue weighted by molar-refractivity contribution is 8.02. The normalized spacial score (nSPS) is 32.1. The van der Waals surface area contributed by atoms with Crippen molar-refractivity contribution < 1.29 is 24.2 Å². The number of ether oxygens (including phenoxy) is 1. The molecule has 3 heterocycles. The van der Waals surface area contributed by atoms with Crippen LogP contribution in [0.3, 0.4) is 0 Å². The van der Waals surface area contributed by atoms with Gasteiger partial charge in [0.2, 0.25) is 17.7 Å². The maximum absolute atomic E-state index is 13.7. The number of likely N-dealkylation sites (tertiary alicyclic amines) is 1. The minimum Gasteiger partial charge on any atom is -0.497 e. The summed E-state index contributed by atoms with van der Waals surface area (Å²) in [5.74, 6) is -0.631. The standard InChI is InChI=1S/C24H33N3O5S/c1-4-10-25-21(29)18-17-13-14(2)24(33-17)19(18)23(31)27(11-5-12-28)20(24)22(30)26-15-6-8-16(32-3)9-7-15/h6-9,14,17-20,28H,4-5,10-13H2,1-3H3,(H,25,29)(H,26,30)/t14?,17-,18+,19+,20?,24?/m1/s1. The summed E-state index contributed by atoms with van der Waals surface area (Å²) in [5.41, 5.74) is 0.623. The number of rotatable bonds is 9. The van der Waals surface area contributed by atoms with E-state index in [4.69, 9.17) is 4.74 Å². The average Bonchev–Trinajstić information content (AvgIpc) is 3.40. The largest absolute Gasteiger partial charge is 0.497 e. The lowest BCUT2D eigenvalue weighted by molar-refractivity contribution is -0.139. The van der Waals surface area contributed by atoms with E-state index in [1.54, 1.807) is 48.0 Å². The van der Waals surface area contributed by atoms with Crippen LogP contribution in [0, 0.1) is 17.8 Å². The van der Waals surface area contributed by atoms with Crippen LogP contribution in [-0.4, -0.2) is 70.6 Å². The van der Waals surface area contributed by atoms with Crippen LogP contribution < -0.4 is 15.4 Å². The van der Waals surface area contributed by atoms with Crippen molar-refractivity contribution in [2.45, 2.75) is 49.1 Å². The van der Waals surface area contributed by atoms with E-state index >= 15 is 0 Å². The highest BCUT2D eigenvalue weighted by atomic mass is 32.2. The number of anilines is 1. The molecule has 2 bridgehead atoms. The second-order valence-corrected chi connectivity index (χ2v) is 10.7. The first-order chi connectivity index (χ1) is 15.9. The molecule has 1 aromatic carbocycles. The molecule has 0 aliphatic carbocycles. The van der Waals surface area contributed by atoms with Crippen molar-refractivity contribution in [1.29, 1.82) is 0 Å². The molecule has 0 aromatic heterocycles. The molecular formula is C24H33N3O5S. The molecule has 3 aliphatic rings. The summed E-state index contributed by atoms with van der Waals surface area (Å²) in [5, 5.41) is 15.4. The van der Waals surface area contributed by atoms with Gasteiger partial charge in [0, 0.05) is 30.6 Å². The number of amides is 3. The van der Waals surface area contributed by atoms with Gasteiger partial charge in [-0.25, -0.2) is 0 Å². The Morgan fingerprint density at radius 3 is 2.64 bits per heavy atom. The van der Waals surface area contributed by atoms with Gasteiger partial charge in [-0.2, -0.15) is 0 Å². The fourth-order valence-corrected chi connectivity index (χ4v) is 8.27. The van der Waals surface area contributed by atoms with Crippen LogP contribution in [0.25, 0.3) is 0 Å². The van der Waals surface area contributed by atoms with Gasteiger partial charge in [-0.3, -0.25) is 14.4 Å². The molecule has 3 saturated heterocycles. The average molecular weight is 476 g/mol. The first-order valence-corrected chi connectivity index (χ1v) is 12.6. The van der Waals surface area contributed by atoms with Crippen molar-refractivity contribution >= 4 is 35.2 Å². The number of nitrogens with zero attached hydrogens (tertiary/aromatic N) is 1. The number of benzene rings is 1. The second kappa shape index (κ2) is 9.54. The quantitative estimate of drug-likeness (QED) is 0.503. The highest BCUT2D eigenvalue weighted by Gasteiger charge is 2.75. The summed E-state index contributed by atoms with van der Waals surface area (Å²) in [7, 11) is 1.58. The summed E-state index contributed by atoms with van der Waals surface area (Å²) < 4.78 is 4.54. The Labute approximate surface area is 198 Å². The lowest BCUT2D eigenvalue weighted by Crippen LogP contribution is -2.55. The number of hydrogen-bond acceptors (Lipinski definition) is 6. The predicted molar refractivity (Wildman–Crippen MR) is 127 cm³/mol. The third-order valence-electron chi connectivity index (χ3n) is 7.26. The van der Waals surface area contributed by atoms with Gasteiger partial charge >= 0.3 is 0 Å². The van der Waals surface area contributed by atoms with Gasteiger partial charge in [0.05, 0.1) is 23.7 Å². The Hall–Kier alpha value is -2.26. The molecule has 0 radical (unpaired) electrons. The smallest absolute Gasteiger partial charge is 0.248 e. The van der Waals surface area contributed by atoms with Crippen molar-refractivity contribution in [2.75, 3.05) is 32.1 Å². The van der Waals surface area contributed by atoms with Crippen molar-refractivity contribution in [3.8, 4) is 5.75 Å². The topological polar surface area (TPSA) is 108 Å². The van der Waals surface area contributed by atoms with Gasteiger partial charge < -0.3 is 25.4 Å². The number of nitrogens with one attached hydrogen (secondary N) is 2. The molecule has 0 saturated carbocycles. The van der Waals surface area contributed by atoms with Gasteiger partial charge in [-0.05, 0) is 49.4 Å². The summed E-state index contributed by atoms with van der Waals surface area (Å²) in [6, 6.07) is 6.38. The zero-order valence-corrected chi connectivity index (χ0v) is 20.2. The first kappa shape index (κ1) is 23.9. The number of hydrogen-bond donors (Lipinski definition) is 3. The van der Waals surface area contributed by atoms with Crippen LogP contribution >= 0.6 is 11.8 Å². The van der Waals surface area contributed by atoms with E-state index in [1.165, 1.54) is 0 Å². The molecule has 8 nitrogen and oxygen atoms in total. The van der Waals surface area contributed by atoms with E-state index in [0.717, 1.165) is 12.8 Å². The predicted octanol–water partition coefficient (Wildman–Crippen LogP) is 1.88. The van der Waals surface area contributed by atoms with Crippen LogP contribution in [-0.2, 0) is 14.4 Å². The van der Waals surface area contributed by atoms with Crippen LogP contribution in [0.5, 0.6) is 5.75 Å². The molecule has 3 unspecified atom stereocenters. The summed E-state index contributed by atoms with van der Waals surface area (Å²) in [6.07, 6.45) is 2.01. The van der Waals surface area contributed by atoms with E-state index in [0.29, 0.717) is 24.4 Å². The van der Waals surface area contributed by atoms with Crippen LogP contribution in [0.15, 0.2) is 24.3 Å². The van der Waals surface area contributed by atoms with E-state index in [2.05, 4.69) is 17.6 Å². The monoisotopic (exact) mass is 475 g/mol. The molecule has 3 fully saturated rings. The minimum atomic E-state index is -0.697. The zero-order valence-electron chi connectivity index (χ0n) is 19.4. The third-order valence-corrected chi connectivity index (χ3v) is 9.34. The van der Waals surface area contributed by atoms with Crippen LogP contribution in [0.4, 0.5) is 5.69 Å². The number of methoxy groups -OCH3 is 1. The van der Waals surface area contributed by atoms with E-state index < -0.39 is 22.6 Å². The molecule has 3 N–H and O–H groups in total. The maximum Gasteiger partial charge on any atom is 0.248 e. The molecule has 3 amide bonds. The Morgan fingerprint density at radius 1 is 1.27 bits per heavy atom. The third kappa shape index (κ3) is 3.89. The van der Waals surface area contributed by atoms with Gasteiger partial charge in [-0.1, -0.05) is 13.8 Å². The fourth-order valence-electron chi connectivity index (χ4n) is 5.85. The lowest BCUT2D eigenvalue weighted by Gasteiger charge is -2.38. The van der Waals surface area contributed by atoms with E-state index in [9.17, 15) is 19.5 Å². The molecule has 1 aromatic rings. The lowest BCUT2D eigenvalue weighted by atomic mass is 9.66. The Morgan fingerprint density at radius 2 is 2.00 bits per heavy atom. The van der Waals surface area contributed by atoms with Crippen molar-refractivity contribution in [3.05, 3.63) is 24.3 Å². The van der Waals surface area contributed by atoms with Gasteiger partial charge in [-0.15, -0.1) is 11.8 Å². The number of carbonyl (C=O) groups is 3. The Kier molecular flexibility index (Phi) is 6.91. The van der Waals surface area contributed by atoms with E-state index in [-0.39, 0.29) is 42.0 Å².